The Labute approximate surface area is 171 Å². The van der Waals surface area contributed by atoms with E-state index in [1.165, 1.54) is 24.8 Å². The summed E-state index contributed by atoms with van der Waals surface area (Å²) in [5.41, 5.74) is 1.22. The molecule has 1 aliphatic rings. The third-order valence-electron chi connectivity index (χ3n) is 5.59. The highest BCUT2D eigenvalue weighted by atomic mass is 32.2. The van der Waals surface area contributed by atoms with Gasteiger partial charge in [0.05, 0.1) is 12.0 Å². The maximum absolute atomic E-state index is 13.4. The van der Waals surface area contributed by atoms with Crippen LogP contribution in [-0.4, -0.2) is 50.8 Å². The highest BCUT2D eigenvalue weighted by Crippen LogP contribution is 2.37. The van der Waals surface area contributed by atoms with Crippen molar-refractivity contribution in [3.8, 4) is 5.75 Å². The smallest absolute Gasteiger partial charge is 0.346 e. The van der Waals surface area contributed by atoms with Gasteiger partial charge in [0.2, 0.25) is 0 Å². The zero-order valence-electron chi connectivity index (χ0n) is 16.4. The van der Waals surface area contributed by atoms with Crippen molar-refractivity contribution in [3.05, 3.63) is 60.2 Å². The summed E-state index contributed by atoms with van der Waals surface area (Å²) in [4.78, 5) is 19.2. The normalized spacial score (nSPS) is 16.9. The van der Waals surface area contributed by atoms with Gasteiger partial charge in [0.25, 0.3) is 0 Å². The summed E-state index contributed by atoms with van der Waals surface area (Å²) >= 11 is 0. The van der Waals surface area contributed by atoms with Gasteiger partial charge >= 0.3 is 5.97 Å². The van der Waals surface area contributed by atoms with E-state index in [1.54, 1.807) is 12.1 Å². The number of rotatable bonds is 7. The van der Waals surface area contributed by atoms with Gasteiger partial charge in [-0.3, -0.25) is 0 Å². The minimum atomic E-state index is -3.99. The molecule has 1 aliphatic heterocycles. The second kappa shape index (κ2) is 8.94. The zero-order valence-corrected chi connectivity index (χ0v) is 17.2. The van der Waals surface area contributed by atoms with Gasteiger partial charge in [-0.25, -0.2) is 13.2 Å². The van der Waals surface area contributed by atoms with E-state index in [2.05, 4.69) is 21.9 Å². The summed E-state index contributed by atoms with van der Waals surface area (Å²) in [5.74, 6) is 4.76. The molecule has 2 N–H and O–H groups in total. The Balaban J connectivity index is 1.77. The molecule has 8 heteroatoms. The van der Waals surface area contributed by atoms with Gasteiger partial charge in [-0.05, 0) is 49.1 Å². The fourth-order valence-corrected chi connectivity index (χ4v) is 5.67. The first kappa shape index (κ1) is 21.3. The third kappa shape index (κ3) is 4.29. The van der Waals surface area contributed by atoms with E-state index in [0.717, 1.165) is 13.0 Å². The number of nitrogens with two attached hydrogens (primary N) is 1. The highest BCUT2D eigenvalue weighted by Gasteiger charge is 2.54. The lowest BCUT2D eigenvalue weighted by Crippen LogP contribution is -2.55. The van der Waals surface area contributed by atoms with Crippen LogP contribution in [-0.2, 0) is 25.9 Å². The molecule has 7 nitrogen and oxygen atoms in total. The topological polar surface area (TPSA) is 98.9 Å². The third-order valence-corrected chi connectivity index (χ3v) is 8.08. The van der Waals surface area contributed by atoms with E-state index < -0.39 is 20.6 Å². The Morgan fingerprint density at radius 3 is 2.24 bits per heavy atom. The summed E-state index contributed by atoms with van der Waals surface area (Å²) in [5, 5.41) is 0. The number of methoxy groups -OCH3 is 1. The fourth-order valence-electron chi connectivity index (χ4n) is 3.74. The van der Waals surface area contributed by atoms with E-state index >= 15 is 0 Å². The summed E-state index contributed by atoms with van der Waals surface area (Å²) in [7, 11) is -2.49. The molecule has 0 spiro atoms. The largest absolute Gasteiger partial charge is 0.497 e. The lowest BCUT2D eigenvalue weighted by molar-refractivity contribution is -0.148. The van der Waals surface area contributed by atoms with E-state index in [9.17, 15) is 13.2 Å². The Morgan fingerprint density at radius 2 is 1.69 bits per heavy atom. The minimum Gasteiger partial charge on any atom is -0.497 e. The molecule has 1 saturated heterocycles. The summed E-state index contributed by atoms with van der Waals surface area (Å²) in [6, 6.07) is 16.1. The molecule has 0 bridgehead atoms. The first-order chi connectivity index (χ1) is 13.9. The Kier molecular flexibility index (Phi) is 6.56. The second-order valence-electron chi connectivity index (χ2n) is 7.16. The van der Waals surface area contributed by atoms with Crippen molar-refractivity contribution in [1.29, 1.82) is 0 Å². The van der Waals surface area contributed by atoms with E-state index in [0.29, 0.717) is 18.8 Å². The van der Waals surface area contributed by atoms with Crippen molar-refractivity contribution in [3.63, 3.8) is 0 Å². The van der Waals surface area contributed by atoms with Crippen LogP contribution >= 0.6 is 0 Å². The molecule has 0 atom stereocenters. The first-order valence-corrected chi connectivity index (χ1v) is 11.0. The van der Waals surface area contributed by atoms with E-state index in [-0.39, 0.29) is 17.7 Å². The predicted octanol–water partition coefficient (Wildman–Crippen LogP) is 1.96. The van der Waals surface area contributed by atoms with Gasteiger partial charge in [0.1, 0.15) is 5.75 Å². The summed E-state index contributed by atoms with van der Waals surface area (Å²) in [6.07, 6.45) is 1.12. The maximum atomic E-state index is 13.4. The van der Waals surface area contributed by atoms with Crippen LogP contribution in [0.2, 0.25) is 0 Å². The van der Waals surface area contributed by atoms with Gasteiger partial charge < -0.3 is 14.5 Å². The van der Waals surface area contributed by atoms with Crippen LogP contribution in [0.5, 0.6) is 5.75 Å². The molecule has 2 aromatic carbocycles. The fraction of sp³-hybridized carbons (Fsp3) is 0.381. The van der Waals surface area contributed by atoms with Crippen molar-refractivity contribution >= 4 is 15.8 Å². The lowest BCUT2D eigenvalue weighted by atomic mass is 9.95. The molecule has 2 aromatic rings. The Morgan fingerprint density at radius 1 is 1.07 bits per heavy atom. The molecule has 0 radical (unpaired) electrons. The Bertz CT molecular complexity index is 921. The van der Waals surface area contributed by atoms with Crippen LogP contribution in [0.15, 0.2) is 59.5 Å². The number of ether oxygens (including phenoxy) is 1. The molecule has 29 heavy (non-hydrogen) atoms. The number of carbonyl (C=O) groups is 1. The number of nitrogens with zero attached hydrogens (tertiary/aromatic N) is 1. The van der Waals surface area contributed by atoms with Crippen LogP contribution in [0.25, 0.3) is 0 Å². The number of piperidine rings is 1. The average molecular weight is 419 g/mol. The molecular weight excluding hydrogens is 392 g/mol. The maximum Gasteiger partial charge on any atom is 0.346 e. The summed E-state index contributed by atoms with van der Waals surface area (Å²) < 4.78 is 30.2. The highest BCUT2D eigenvalue weighted by molar-refractivity contribution is 7.93. The molecule has 0 amide bonds. The standard InChI is InChI=1S/C21H26N2O5S/c1-27-18-7-9-19(10-8-18)29(25,26)21(20(24)28-22)12-15-23(16-13-21)14-11-17-5-3-2-4-6-17/h2-10H,11-16,22H2,1H3. The van der Waals surface area contributed by atoms with E-state index in [1.807, 2.05) is 18.2 Å². The van der Waals surface area contributed by atoms with Crippen LogP contribution < -0.4 is 10.6 Å². The van der Waals surface area contributed by atoms with Crippen LogP contribution in [0.1, 0.15) is 18.4 Å². The van der Waals surface area contributed by atoms with Gasteiger partial charge in [-0.2, -0.15) is 5.90 Å². The van der Waals surface area contributed by atoms with Gasteiger partial charge in [-0.15, -0.1) is 0 Å². The molecule has 3 rings (SSSR count). The van der Waals surface area contributed by atoms with Crippen LogP contribution in [0.3, 0.4) is 0 Å². The molecule has 1 heterocycles. The number of sulfone groups is 1. The van der Waals surface area contributed by atoms with Crippen molar-refractivity contribution in [2.45, 2.75) is 28.9 Å². The first-order valence-electron chi connectivity index (χ1n) is 9.49. The van der Waals surface area contributed by atoms with E-state index in [4.69, 9.17) is 10.6 Å². The predicted molar refractivity (Wildman–Crippen MR) is 109 cm³/mol. The number of hydrogen-bond donors (Lipinski definition) is 1. The van der Waals surface area contributed by atoms with Crippen molar-refractivity contribution in [2.75, 3.05) is 26.7 Å². The molecule has 0 saturated carbocycles. The van der Waals surface area contributed by atoms with Crippen molar-refractivity contribution < 1.29 is 22.8 Å². The molecule has 0 aromatic heterocycles. The Hall–Kier alpha value is -2.42. The molecule has 156 valence electrons. The number of benzene rings is 2. The minimum absolute atomic E-state index is 0.0569. The van der Waals surface area contributed by atoms with Gasteiger partial charge in [0, 0.05) is 19.6 Å². The van der Waals surface area contributed by atoms with Crippen LogP contribution in [0.4, 0.5) is 0 Å². The van der Waals surface area contributed by atoms with Crippen LogP contribution in [0, 0.1) is 0 Å². The second-order valence-corrected chi connectivity index (χ2v) is 9.42. The molecular formula is C21H26N2O5S. The van der Waals surface area contributed by atoms with Gasteiger partial charge in [0.15, 0.2) is 14.6 Å². The molecule has 0 aliphatic carbocycles. The quantitative estimate of drug-likeness (QED) is 0.686. The average Bonchev–Trinajstić information content (AvgIpc) is 2.78. The van der Waals surface area contributed by atoms with Crippen molar-refractivity contribution in [1.82, 2.24) is 4.90 Å². The zero-order chi connectivity index (χ0) is 20.9. The number of carbonyl (C=O) groups excluding carboxylic acids is 1. The number of hydrogen-bond acceptors (Lipinski definition) is 7. The SMILES string of the molecule is COc1ccc(S(=O)(=O)C2(C(=O)ON)CCN(CCc3ccccc3)CC2)cc1. The van der Waals surface area contributed by atoms with Gasteiger partial charge in [-0.1, -0.05) is 30.3 Å². The van der Waals surface area contributed by atoms with Crippen molar-refractivity contribution in [2.24, 2.45) is 5.90 Å². The lowest BCUT2D eigenvalue weighted by Gasteiger charge is -2.38. The molecule has 0 unspecified atom stereocenters. The number of likely N-dealkylation sites (tertiary alicyclic amines) is 1. The summed E-state index contributed by atoms with van der Waals surface area (Å²) in [6.45, 7) is 1.73. The monoisotopic (exact) mass is 418 g/mol. The molecule has 1 fully saturated rings.